The maximum absolute atomic E-state index is 14.7. The van der Waals surface area contributed by atoms with Crippen molar-refractivity contribution in [1.29, 1.82) is 0 Å². The van der Waals surface area contributed by atoms with Gasteiger partial charge in [-0.05, 0) is 56.9 Å². The van der Waals surface area contributed by atoms with Crippen LogP contribution in [0.5, 0.6) is 0 Å². The minimum atomic E-state index is -0.392. The van der Waals surface area contributed by atoms with Gasteiger partial charge in [-0.1, -0.05) is 6.92 Å². The van der Waals surface area contributed by atoms with Gasteiger partial charge >= 0.3 is 0 Å². The minimum Gasteiger partial charge on any atom is -0.383 e. The normalized spacial score (nSPS) is 23.0. The lowest BCUT2D eigenvalue weighted by molar-refractivity contribution is 0.0300. The standard InChI is InChI=1S/C26H39FN6O2/c1-18(15-34-3)32-19-4-6-20(7-5-19)33-25-12-21(22(27)14-28-25)23-13-24(31-17-30-23)29-16-26(2)8-10-35-11-9-26/h12-14,17-20,32H,4-11,15-16H2,1-3H3,(H,28,33)(H,29,30,31)/t18-,19?,20?/m1/s1. The molecule has 0 aromatic carbocycles. The molecular formula is C26H39FN6O2. The Balaban J connectivity index is 1.36. The summed E-state index contributed by atoms with van der Waals surface area (Å²) in [6.07, 6.45) is 9.03. The van der Waals surface area contributed by atoms with Gasteiger partial charge in [0.05, 0.1) is 18.5 Å². The summed E-state index contributed by atoms with van der Waals surface area (Å²) in [6, 6.07) is 4.74. The lowest BCUT2D eigenvalue weighted by atomic mass is 9.82. The molecule has 2 fully saturated rings. The van der Waals surface area contributed by atoms with Crippen molar-refractivity contribution in [3.8, 4) is 11.3 Å². The SMILES string of the molecule is COC[C@@H](C)NC1CCC(Nc2cc(-c3cc(NCC4(C)CCOCC4)ncn3)c(F)cn2)CC1. The van der Waals surface area contributed by atoms with Crippen molar-refractivity contribution in [2.45, 2.75) is 70.5 Å². The predicted molar refractivity (Wildman–Crippen MR) is 136 cm³/mol. The number of anilines is 2. The first kappa shape index (κ1) is 25.7. The molecule has 2 aliphatic rings. The van der Waals surface area contributed by atoms with Crippen LogP contribution in [0, 0.1) is 11.2 Å². The van der Waals surface area contributed by atoms with E-state index in [1.54, 1.807) is 13.2 Å². The Bertz CT molecular complexity index is 947. The molecule has 1 aliphatic carbocycles. The van der Waals surface area contributed by atoms with Gasteiger partial charge in [-0.2, -0.15) is 0 Å². The van der Waals surface area contributed by atoms with Crippen LogP contribution in [0.4, 0.5) is 16.0 Å². The third-order valence-electron chi connectivity index (χ3n) is 7.21. The molecule has 2 aromatic rings. The first-order valence-corrected chi connectivity index (χ1v) is 12.8. The number of nitrogens with one attached hydrogen (secondary N) is 3. The Hall–Kier alpha value is -2.36. The molecule has 3 N–H and O–H groups in total. The average Bonchev–Trinajstić information content (AvgIpc) is 2.86. The van der Waals surface area contributed by atoms with E-state index in [0.29, 0.717) is 41.0 Å². The highest BCUT2D eigenvalue weighted by atomic mass is 19.1. The van der Waals surface area contributed by atoms with E-state index in [1.165, 1.54) is 12.5 Å². The number of methoxy groups -OCH3 is 1. The summed E-state index contributed by atoms with van der Waals surface area (Å²) in [7, 11) is 1.73. The molecule has 0 radical (unpaired) electrons. The fraction of sp³-hybridized carbons (Fsp3) is 0.654. The van der Waals surface area contributed by atoms with E-state index in [4.69, 9.17) is 9.47 Å². The van der Waals surface area contributed by atoms with Crippen LogP contribution in [0.3, 0.4) is 0 Å². The molecule has 0 unspecified atom stereocenters. The van der Waals surface area contributed by atoms with E-state index in [2.05, 4.69) is 44.7 Å². The molecule has 1 saturated carbocycles. The first-order chi connectivity index (χ1) is 16.9. The Kier molecular flexibility index (Phi) is 8.86. The van der Waals surface area contributed by atoms with E-state index < -0.39 is 5.82 Å². The van der Waals surface area contributed by atoms with Crippen LogP contribution in [0.2, 0.25) is 0 Å². The Labute approximate surface area is 207 Å². The van der Waals surface area contributed by atoms with E-state index in [1.807, 2.05) is 6.07 Å². The summed E-state index contributed by atoms with van der Waals surface area (Å²) in [5, 5.41) is 10.6. The maximum Gasteiger partial charge on any atom is 0.151 e. The zero-order chi connectivity index (χ0) is 24.7. The van der Waals surface area contributed by atoms with Crippen LogP contribution in [-0.2, 0) is 9.47 Å². The number of hydrogen-bond donors (Lipinski definition) is 3. The van der Waals surface area contributed by atoms with Gasteiger partial charge in [-0.25, -0.2) is 19.3 Å². The molecule has 1 aliphatic heterocycles. The number of hydrogen-bond acceptors (Lipinski definition) is 8. The molecule has 192 valence electrons. The topological polar surface area (TPSA) is 93.2 Å². The van der Waals surface area contributed by atoms with E-state index in [-0.39, 0.29) is 5.41 Å². The average molecular weight is 487 g/mol. The minimum absolute atomic E-state index is 0.165. The van der Waals surface area contributed by atoms with Crippen molar-refractivity contribution in [3.63, 3.8) is 0 Å². The van der Waals surface area contributed by atoms with Crippen LogP contribution < -0.4 is 16.0 Å². The molecule has 9 heteroatoms. The summed E-state index contributed by atoms with van der Waals surface area (Å²) >= 11 is 0. The second kappa shape index (κ2) is 12.1. The first-order valence-electron chi connectivity index (χ1n) is 12.8. The number of pyridine rings is 1. The molecule has 1 atom stereocenters. The Morgan fingerprint density at radius 1 is 1.09 bits per heavy atom. The fourth-order valence-electron chi connectivity index (χ4n) is 4.97. The summed E-state index contributed by atoms with van der Waals surface area (Å²) < 4.78 is 25.4. The van der Waals surface area contributed by atoms with Gasteiger partial charge in [0.25, 0.3) is 0 Å². The number of aromatic nitrogens is 3. The van der Waals surface area contributed by atoms with Crippen LogP contribution >= 0.6 is 0 Å². The third kappa shape index (κ3) is 7.32. The van der Waals surface area contributed by atoms with E-state index in [9.17, 15) is 4.39 Å². The lowest BCUT2D eigenvalue weighted by Gasteiger charge is -2.33. The molecule has 0 bridgehead atoms. The molecule has 0 amide bonds. The number of halogens is 1. The monoisotopic (exact) mass is 486 g/mol. The molecule has 3 heterocycles. The molecule has 4 rings (SSSR count). The molecule has 35 heavy (non-hydrogen) atoms. The van der Waals surface area contributed by atoms with Gasteiger partial charge in [-0.3, -0.25) is 0 Å². The summed E-state index contributed by atoms with van der Waals surface area (Å²) in [5.74, 6) is 0.979. The summed E-state index contributed by atoms with van der Waals surface area (Å²) in [5.41, 5.74) is 1.13. The summed E-state index contributed by atoms with van der Waals surface area (Å²) in [6.45, 7) is 7.49. The number of ether oxygens (including phenoxy) is 2. The number of rotatable bonds is 10. The molecule has 0 spiro atoms. The Morgan fingerprint density at radius 2 is 1.83 bits per heavy atom. The van der Waals surface area contributed by atoms with Gasteiger partial charge in [0, 0.05) is 56.6 Å². The van der Waals surface area contributed by atoms with Gasteiger partial charge in [0.1, 0.15) is 18.0 Å². The van der Waals surface area contributed by atoms with Crippen molar-refractivity contribution in [1.82, 2.24) is 20.3 Å². The predicted octanol–water partition coefficient (Wildman–Crippen LogP) is 4.25. The summed E-state index contributed by atoms with van der Waals surface area (Å²) in [4.78, 5) is 13.0. The van der Waals surface area contributed by atoms with Gasteiger partial charge in [0.15, 0.2) is 5.82 Å². The highest BCUT2D eigenvalue weighted by Gasteiger charge is 2.27. The number of nitrogens with zero attached hydrogens (tertiary/aromatic N) is 3. The van der Waals surface area contributed by atoms with Crippen LogP contribution in [0.25, 0.3) is 11.3 Å². The third-order valence-corrected chi connectivity index (χ3v) is 7.21. The van der Waals surface area contributed by atoms with Crippen molar-refractivity contribution >= 4 is 11.6 Å². The van der Waals surface area contributed by atoms with Gasteiger partial charge in [-0.15, -0.1) is 0 Å². The van der Waals surface area contributed by atoms with Crippen molar-refractivity contribution in [3.05, 3.63) is 30.5 Å². The second-order valence-corrected chi connectivity index (χ2v) is 10.3. The van der Waals surface area contributed by atoms with Crippen LogP contribution in [-0.4, -0.2) is 66.6 Å². The Morgan fingerprint density at radius 3 is 2.57 bits per heavy atom. The molecule has 1 saturated heterocycles. The van der Waals surface area contributed by atoms with E-state index in [0.717, 1.165) is 64.9 Å². The smallest absolute Gasteiger partial charge is 0.151 e. The zero-order valence-electron chi connectivity index (χ0n) is 21.1. The maximum atomic E-state index is 14.7. The van der Waals surface area contributed by atoms with Crippen molar-refractivity contribution in [2.24, 2.45) is 5.41 Å². The van der Waals surface area contributed by atoms with Crippen LogP contribution in [0.15, 0.2) is 24.7 Å². The fourth-order valence-corrected chi connectivity index (χ4v) is 4.97. The van der Waals surface area contributed by atoms with Crippen molar-refractivity contribution < 1.29 is 13.9 Å². The molecule has 2 aromatic heterocycles. The second-order valence-electron chi connectivity index (χ2n) is 10.3. The molecular weight excluding hydrogens is 447 g/mol. The van der Waals surface area contributed by atoms with E-state index >= 15 is 0 Å². The van der Waals surface area contributed by atoms with Gasteiger partial charge in [0.2, 0.25) is 0 Å². The highest BCUT2D eigenvalue weighted by Crippen LogP contribution is 2.31. The lowest BCUT2D eigenvalue weighted by Crippen LogP contribution is -2.42. The van der Waals surface area contributed by atoms with Crippen LogP contribution in [0.1, 0.15) is 52.4 Å². The zero-order valence-corrected chi connectivity index (χ0v) is 21.1. The highest BCUT2D eigenvalue weighted by molar-refractivity contribution is 5.65. The quantitative estimate of drug-likeness (QED) is 0.459. The van der Waals surface area contributed by atoms with Gasteiger partial charge < -0.3 is 25.4 Å². The largest absolute Gasteiger partial charge is 0.383 e. The molecule has 8 nitrogen and oxygen atoms in total. The van der Waals surface area contributed by atoms with Crippen molar-refractivity contribution in [2.75, 3.05) is 44.1 Å².